The predicted octanol–water partition coefficient (Wildman–Crippen LogP) is 4.26. The molecule has 3 heterocycles. The fraction of sp³-hybridized carbons (Fsp3) is 0.103. The van der Waals surface area contributed by atoms with Crippen molar-refractivity contribution < 1.29 is 22.4 Å². The fourth-order valence-corrected chi connectivity index (χ4v) is 6.25. The number of amides is 2. The van der Waals surface area contributed by atoms with Crippen LogP contribution >= 0.6 is 0 Å². The minimum Gasteiger partial charge on any atom is -0.332 e. The van der Waals surface area contributed by atoms with Crippen LogP contribution in [0.3, 0.4) is 0 Å². The zero-order valence-corrected chi connectivity index (χ0v) is 21.8. The van der Waals surface area contributed by atoms with Crippen LogP contribution in [-0.2, 0) is 23.0 Å². The van der Waals surface area contributed by atoms with E-state index in [1.165, 1.54) is 42.6 Å². The molecule has 40 heavy (non-hydrogen) atoms. The van der Waals surface area contributed by atoms with Crippen molar-refractivity contribution in [2.75, 3.05) is 11.9 Å². The summed E-state index contributed by atoms with van der Waals surface area (Å²) in [4.78, 5) is 36.5. The summed E-state index contributed by atoms with van der Waals surface area (Å²) in [7, 11) is -4.06. The molecule has 5 aromatic rings. The number of nitrogens with one attached hydrogen (secondary N) is 1. The Balaban J connectivity index is 1.27. The van der Waals surface area contributed by atoms with Crippen LogP contribution in [0.1, 0.15) is 32.1 Å². The zero-order chi connectivity index (χ0) is 27.9. The fourth-order valence-electron chi connectivity index (χ4n) is 4.72. The molecular weight excluding hydrogens is 533 g/mol. The first-order valence-electron chi connectivity index (χ1n) is 12.4. The van der Waals surface area contributed by atoms with Crippen LogP contribution in [0.15, 0.2) is 96.0 Å². The summed E-state index contributed by atoms with van der Waals surface area (Å²) >= 11 is 0. The normalized spacial score (nSPS) is 13.2. The number of aromatic nitrogens is 3. The number of benzene rings is 3. The van der Waals surface area contributed by atoms with E-state index in [1.807, 2.05) is 0 Å². The van der Waals surface area contributed by atoms with E-state index in [4.69, 9.17) is 0 Å². The third kappa shape index (κ3) is 4.60. The number of para-hydroxylation sites is 1. The van der Waals surface area contributed by atoms with Crippen molar-refractivity contribution in [1.82, 2.24) is 18.8 Å². The molecular formula is C29H22FN5O4S. The highest BCUT2D eigenvalue weighted by atomic mass is 32.2. The summed E-state index contributed by atoms with van der Waals surface area (Å²) < 4.78 is 41.6. The van der Waals surface area contributed by atoms with Gasteiger partial charge in [0.2, 0.25) is 5.95 Å². The number of fused-ring (bicyclic) bond motifs is 2. The molecule has 0 fully saturated rings. The summed E-state index contributed by atoms with van der Waals surface area (Å²) in [6.07, 6.45) is 1.92. The molecule has 0 spiro atoms. The lowest BCUT2D eigenvalue weighted by atomic mass is 10.1. The van der Waals surface area contributed by atoms with Crippen molar-refractivity contribution >= 4 is 38.7 Å². The number of carbonyl (C=O) groups excluding carboxylic acids is 2. The number of hydrogen-bond acceptors (Lipinski definition) is 6. The van der Waals surface area contributed by atoms with E-state index in [0.717, 1.165) is 3.97 Å². The van der Waals surface area contributed by atoms with Gasteiger partial charge in [-0.2, -0.15) is 0 Å². The average Bonchev–Trinajstić information content (AvgIpc) is 3.38. The molecule has 2 aromatic heterocycles. The average molecular weight is 556 g/mol. The molecule has 3 aromatic carbocycles. The molecule has 11 heteroatoms. The molecule has 1 aliphatic heterocycles. The highest BCUT2D eigenvalue weighted by Gasteiger charge is 2.31. The van der Waals surface area contributed by atoms with Gasteiger partial charge in [-0.05, 0) is 48.5 Å². The first-order valence-corrected chi connectivity index (χ1v) is 13.9. The van der Waals surface area contributed by atoms with E-state index in [-0.39, 0.29) is 28.6 Å². The first-order chi connectivity index (χ1) is 19.3. The van der Waals surface area contributed by atoms with Crippen LogP contribution < -0.4 is 5.32 Å². The minimum absolute atomic E-state index is 0.0394. The Morgan fingerprint density at radius 3 is 2.42 bits per heavy atom. The van der Waals surface area contributed by atoms with E-state index < -0.39 is 27.7 Å². The SMILES string of the molecule is O=C(Nc1ncc2c(n1)CCN(C(=O)c1cc3ccccc3n1S(=O)(=O)c1ccccc1)C2)c1ccc(F)cc1. The molecule has 1 N–H and O–H groups in total. The second-order valence-electron chi connectivity index (χ2n) is 9.27. The van der Waals surface area contributed by atoms with Crippen molar-refractivity contribution in [2.45, 2.75) is 17.9 Å². The van der Waals surface area contributed by atoms with Gasteiger partial charge in [0, 0.05) is 42.2 Å². The number of carbonyl (C=O) groups is 2. The summed E-state index contributed by atoms with van der Waals surface area (Å²) in [6.45, 7) is 0.467. The number of nitrogens with zero attached hydrogens (tertiary/aromatic N) is 4. The van der Waals surface area contributed by atoms with Gasteiger partial charge < -0.3 is 4.90 Å². The van der Waals surface area contributed by atoms with Gasteiger partial charge in [-0.1, -0.05) is 36.4 Å². The summed E-state index contributed by atoms with van der Waals surface area (Å²) in [5, 5.41) is 3.24. The Labute approximate surface area is 229 Å². The van der Waals surface area contributed by atoms with E-state index in [1.54, 1.807) is 53.4 Å². The predicted molar refractivity (Wildman–Crippen MR) is 146 cm³/mol. The molecule has 0 bridgehead atoms. The number of rotatable bonds is 5. The Kier molecular flexibility index (Phi) is 6.35. The van der Waals surface area contributed by atoms with E-state index in [2.05, 4.69) is 15.3 Å². The monoisotopic (exact) mass is 555 g/mol. The van der Waals surface area contributed by atoms with E-state index in [0.29, 0.717) is 35.1 Å². The highest BCUT2D eigenvalue weighted by molar-refractivity contribution is 7.90. The Bertz CT molecular complexity index is 1870. The summed E-state index contributed by atoms with van der Waals surface area (Å²) in [5.74, 6) is -1.25. The quantitative estimate of drug-likeness (QED) is 0.347. The second-order valence-corrected chi connectivity index (χ2v) is 11.1. The molecule has 0 saturated heterocycles. The van der Waals surface area contributed by atoms with Crippen LogP contribution in [0.25, 0.3) is 10.9 Å². The molecule has 0 radical (unpaired) electrons. The van der Waals surface area contributed by atoms with Crippen LogP contribution in [-0.4, -0.2) is 45.6 Å². The molecule has 0 unspecified atom stereocenters. The standard InChI is InChI=1S/C29H22FN5O4S/c30-22-12-10-19(11-13-22)27(36)33-29-31-17-21-18-34(15-14-24(21)32-29)28(37)26-16-20-6-4-5-9-25(20)35(26)40(38,39)23-7-2-1-3-8-23/h1-13,16-17H,14-15,18H2,(H,31,32,33,36). The molecule has 2 amide bonds. The topological polar surface area (TPSA) is 114 Å². The molecule has 1 aliphatic rings. The number of hydrogen-bond donors (Lipinski definition) is 1. The maximum atomic E-state index is 13.8. The molecule has 6 rings (SSSR count). The lowest BCUT2D eigenvalue weighted by molar-refractivity contribution is 0.0726. The zero-order valence-electron chi connectivity index (χ0n) is 21.0. The van der Waals surface area contributed by atoms with Crippen molar-refractivity contribution in [3.05, 3.63) is 119 Å². The van der Waals surface area contributed by atoms with Gasteiger partial charge in [-0.15, -0.1) is 0 Å². The lowest BCUT2D eigenvalue weighted by Crippen LogP contribution is -2.38. The van der Waals surface area contributed by atoms with E-state index in [9.17, 15) is 22.4 Å². The van der Waals surface area contributed by atoms with Crippen molar-refractivity contribution in [2.24, 2.45) is 0 Å². The summed E-state index contributed by atoms with van der Waals surface area (Å²) in [5.41, 5.74) is 2.08. The van der Waals surface area contributed by atoms with Gasteiger partial charge >= 0.3 is 0 Å². The molecule has 0 atom stereocenters. The molecule has 200 valence electrons. The van der Waals surface area contributed by atoms with Gasteiger partial charge in [-0.3, -0.25) is 14.9 Å². The Morgan fingerprint density at radius 2 is 1.65 bits per heavy atom. The minimum atomic E-state index is -4.06. The van der Waals surface area contributed by atoms with Crippen LogP contribution in [0.4, 0.5) is 10.3 Å². The number of halogens is 1. The molecule has 9 nitrogen and oxygen atoms in total. The molecule has 0 aliphatic carbocycles. The van der Waals surface area contributed by atoms with Gasteiger partial charge in [0.1, 0.15) is 11.5 Å². The first kappa shape index (κ1) is 25.4. The maximum absolute atomic E-state index is 13.8. The van der Waals surface area contributed by atoms with E-state index >= 15 is 0 Å². The third-order valence-corrected chi connectivity index (χ3v) is 8.46. The van der Waals surface area contributed by atoms with Gasteiger partial charge in [-0.25, -0.2) is 26.7 Å². The lowest BCUT2D eigenvalue weighted by Gasteiger charge is -2.28. The van der Waals surface area contributed by atoms with Crippen molar-refractivity contribution in [3.63, 3.8) is 0 Å². The van der Waals surface area contributed by atoms with Crippen LogP contribution in [0, 0.1) is 5.82 Å². The molecule has 0 saturated carbocycles. The Hall–Kier alpha value is -4.90. The third-order valence-electron chi connectivity index (χ3n) is 6.72. The van der Waals surface area contributed by atoms with Crippen molar-refractivity contribution in [1.29, 1.82) is 0 Å². The van der Waals surface area contributed by atoms with Crippen molar-refractivity contribution in [3.8, 4) is 0 Å². The van der Waals surface area contributed by atoms with Gasteiger partial charge in [0.15, 0.2) is 0 Å². The number of anilines is 1. The smallest absolute Gasteiger partial charge is 0.271 e. The van der Waals surface area contributed by atoms with Crippen LogP contribution in [0.5, 0.6) is 0 Å². The summed E-state index contributed by atoms with van der Waals surface area (Å²) in [6, 6.07) is 21.7. The maximum Gasteiger partial charge on any atom is 0.271 e. The van der Waals surface area contributed by atoms with Crippen LogP contribution in [0.2, 0.25) is 0 Å². The second kappa shape index (κ2) is 10.0. The van der Waals surface area contributed by atoms with Gasteiger partial charge in [0.05, 0.1) is 16.1 Å². The Morgan fingerprint density at radius 1 is 0.925 bits per heavy atom. The largest absolute Gasteiger partial charge is 0.332 e. The van der Waals surface area contributed by atoms with Gasteiger partial charge in [0.25, 0.3) is 21.8 Å². The highest BCUT2D eigenvalue weighted by Crippen LogP contribution is 2.28.